The second kappa shape index (κ2) is 10.5. The van der Waals surface area contributed by atoms with Gasteiger partial charge in [-0.1, -0.05) is 85.6 Å². The minimum absolute atomic E-state index is 0.460. The highest BCUT2D eigenvalue weighted by atomic mass is 16.4. The van der Waals surface area contributed by atoms with E-state index in [4.69, 9.17) is 5.11 Å². The van der Waals surface area contributed by atoms with Crippen LogP contribution in [0.5, 0.6) is 0 Å². The molecule has 0 aromatic rings. The lowest BCUT2D eigenvalue weighted by Gasteiger charge is -2.43. The molecule has 2 aliphatic carbocycles. The topological polar surface area (TPSA) is 37.3 Å². The Morgan fingerprint density at radius 1 is 1.25 bits per heavy atom. The Morgan fingerprint density at radius 2 is 1.96 bits per heavy atom. The first kappa shape index (κ1) is 22.2. The van der Waals surface area contributed by atoms with E-state index < -0.39 is 5.97 Å². The molecule has 152 valence electrons. The fourth-order valence-corrected chi connectivity index (χ4v) is 4.78. The van der Waals surface area contributed by atoms with E-state index in [0.29, 0.717) is 29.6 Å². The monoisotopic (exact) mass is 380 g/mol. The van der Waals surface area contributed by atoms with Crippen LogP contribution in [-0.2, 0) is 4.79 Å². The number of carboxylic acids is 1. The highest BCUT2D eigenvalue weighted by Crippen LogP contribution is 2.48. The van der Waals surface area contributed by atoms with Crippen molar-refractivity contribution in [3.05, 3.63) is 71.4 Å². The molecule has 0 fully saturated rings. The maximum atomic E-state index is 10.6. The number of carboxylic acid groups (broad SMARTS) is 1. The fourth-order valence-electron chi connectivity index (χ4n) is 4.78. The molecule has 2 nitrogen and oxygen atoms in total. The molecule has 0 aromatic heterocycles. The van der Waals surface area contributed by atoms with Crippen LogP contribution in [0.2, 0.25) is 0 Å². The van der Waals surface area contributed by atoms with Crippen LogP contribution >= 0.6 is 0 Å². The van der Waals surface area contributed by atoms with Crippen LogP contribution in [0.25, 0.3) is 0 Å². The first-order valence-corrected chi connectivity index (χ1v) is 10.6. The Kier molecular flexibility index (Phi) is 8.29. The smallest absolute Gasteiger partial charge is 0.328 e. The summed E-state index contributed by atoms with van der Waals surface area (Å²) in [4.78, 5) is 10.6. The van der Waals surface area contributed by atoms with E-state index in [1.165, 1.54) is 29.6 Å². The molecular formula is C26H36O2. The van der Waals surface area contributed by atoms with Gasteiger partial charge < -0.3 is 5.11 Å². The second-order valence-corrected chi connectivity index (χ2v) is 8.55. The average molecular weight is 381 g/mol. The Morgan fingerprint density at radius 3 is 2.64 bits per heavy atom. The van der Waals surface area contributed by atoms with Gasteiger partial charge in [0.05, 0.1) is 0 Å². The summed E-state index contributed by atoms with van der Waals surface area (Å²) in [5.41, 5.74) is 4.49. The second-order valence-electron chi connectivity index (χ2n) is 8.55. The number of aliphatic carboxylic acids is 1. The zero-order valence-corrected chi connectivity index (χ0v) is 18.1. The van der Waals surface area contributed by atoms with E-state index in [1.807, 2.05) is 6.08 Å². The summed E-state index contributed by atoms with van der Waals surface area (Å²) in [5.74, 6) is 1.89. The summed E-state index contributed by atoms with van der Waals surface area (Å²) in [6.45, 7) is 11.4. The van der Waals surface area contributed by atoms with Gasteiger partial charge in [-0.15, -0.1) is 0 Å². The lowest BCUT2D eigenvalue weighted by atomic mass is 9.61. The lowest BCUT2D eigenvalue weighted by Crippen LogP contribution is -2.34. The van der Waals surface area contributed by atoms with Gasteiger partial charge in [0.25, 0.3) is 0 Å². The van der Waals surface area contributed by atoms with Crippen LogP contribution in [-0.4, -0.2) is 11.1 Å². The van der Waals surface area contributed by atoms with E-state index in [2.05, 4.69) is 65.0 Å². The molecule has 0 aliphatic heterocycles. The van der Waals surface area contributed by atoms with Crippen LogP contribution in [0.3, 0.4) is 0 Å². The number of hydrogen-bond donors (Lipinski definition) is 1. The molecule has 2 rings (SSSR count). The summed E-state index contributed by atoms with van der Waals surface area (Å²) in [6.07, 6.45) is 21.8. The van der Waals surface area contributed by atoms with Gasteiger partial charge in [-0.05, 0) is 57.3 Å². The molecule has 0 bridgehead atoms. The molecule has 0 amide bonds. The molecule has 5 unspecified atom stereocenters. The molecule has 0 radical (unpaired) electrons. The van der Waals surface area contributed by atoms with Gasteiger partial charge in [0.15, 0.2) is 0 Å². The lowest BCUT2D eigenvalue weighted by molar-refractivity contribution is -0.131. The van der Waals surface area contributed by atoms with E-state index in [0.717, 1.165) is 12.5 Å². The molecule has 0 spiro atoms. The van der Waals surface area contributed by atoms with Crippen molar-refractivity contribution in [2.45, 2.75) is 53.9 Å². The van der Waals surface area contributed by atoms with Crippen LogP contribution in [0, 0.1) is 29.6 Å². The zero-order chi connectivity index (χ0) is 20.7. The SMILES string of the molecule is CCC(C)C=C(C)C1C(C)=CC2CC(C)=CCC2C1C=CC=CC=CC(=O)O. The number of fused-ring (bicyclic) bond motifs is 1. The van der Waals surface area contributed by atoms with Gasteiger partial charge in [0, 0.05) is 12.0 Å². The molecule has 5 atom stereocenters. The predicted octanol–water partition coefficient (Wildman–Crippen LogP) is 6.90. The van der Waals surface area contributed by atoms with Crippen molar-refractivity contribution in [1.29, 1.82) is 0 Å². The number of hydrogen-bond acceptors (Lipinski definition) is 1. The standard InChI is InChI=1S/C26H36O2/c1-6-18(2)15-20(4)26-21(5)17-22-16-19(3)13-14-23(22)24(26)11-9-7-8-10-12-25(27)28/h7-13,15,17-18,22-24,26H,6,14,16H2,1-5H3,(H,27,28). The third kappa shape index (κ3) is 5.95. The largest absolute Gasteiger partial charge is 0.478 e. The van der Waals surface area contributed by atoms with Crippen molar-refractivity contribution in [3.8, 4) is 0 Å². The maximum absolute atomic E-state index is 10.6. The Hall–Kier alpha value is -2.09. The molecular weight excluding hydrogens is 344 g/mol. The van der Waals surface area contributed by atoms with Crippen molar-refractivity contribution in [1.82, 2.24) is 0 Å². The molecule has 0 heterocycles. The van der Waals surface area contributed by atoms with Gasteiger partial charge in [-0.2, -0.15) is 0 Å². The van der Waals surface area contributed by atoms with Gasteiger partial charge in [-0.3, -0.25) is 0 Å². The highest BCUT2D eigenvalue weighted by molar-refractivity contribution is 5.80. The van der Waals surface area contributed by atoms with E-state index in [9.17, 15) is 4.79 Å². The Labute approximate surface area is 171 Å². The van der Waals surface area contributed by atoms with Crippen molar-refractivity contribution in [2.24, 2.45) is 29.6 Å². The van der Waals surface area contributed by atoms with E-state index in [1.54, 1.807) is 12.2 Å². The fraction of sp³-hybridized carbons (Fsp3) is 0.500. The summed E-state index contributed by atoms with van der Waals surface area (Å²) < 4.78 is 0. The van der Waals surface area contributed by atoms with Crippen LogP contribution in [0.1, 0.15) is 53.9 Å². The van der Waals surface area contributed by atoms with E-state index in [-0.39, 0.29) is 0 Å². The van der Waals surface area contributed by atoms with Crippen LogP contribution in [0.4, 0.5) is 0 Å². The molecule has 2 heteroatoms. The van der Waals surface area contributed by atoms with Crippen molar-refractivity contribution < 1.29 is 9.90 Å². The van der Waals surface area contributed by atoms with Crippen molar-refractivity contribution in [3.63, 3.8) is 0 Å². The predicted molar refractivity (Wildman–Crippen MR) is 119 cm³/mol. The van der Waals surface area contributed by atoms with Gasteiger partial charge in [0.2, 0.25) is 0 Å². The average Bonchev–Trinajstić information content (AvgIpc) is 2.63. The molecule has 0 aromatic carbocycles. The zero-order valence-electron chi connectivity index (χ0n) is 18.1. The minimum atomic E-state index is -0.917. The first-order valence-electron chi connectivity index (χ1n) is 10.6. The van der Waals surface area contributed by atoms with Crippen molar-refractivity contribution >= 4 is 5.97 Å². The Balaban J connectivity index is 2.31. The Bertz CT molecular complexity index is 730. The first-order chi connectivity index (χ1) is 13.3. The number of rotatable bonds is 7. The normalized spacial score (nSPS) is 29.8. The van der Waals surface area contributed by atoms with Gasteiger partial charge in [-0.25, -0.2) is 4.79 Å². The van der Waals surface area contributed by atoms with Crippen molar-refractivity contribution in [2.75, 3.05) is 0 Å². The highest BCUT2D eigenvalue weighted by Gasteiger charge is 2.38. The molecule has 0 saturated heterocycles. The summed E-state index contributed by atoms with van der Waals surface area (Å²) in [6, 6.07) is 0. The molecule has 0 saturated carbocycles. The van der Waals surface area contributed by atoms with Gasteiger partial charge in [0.1, 0.15) is 0 Å². The summed E-state index contributed by atoms with van der Waals surface area (Å²) >= 11 is 0. The third-order valence-corrected chi connectivity index (χ3v) is 6.28. The van der Waals surface area contributed by atoms with Gasteiger partial charge >= 0.3 is 5.97 Å². The van der Waals surface area contributed by atoms with Crippen LogP contribution < -0.4 is 0 Å². The summed E-state index contributed by atoms with van der Waals surface area (Å²) in [5, 5.41) is 8.69. The van der Waals surface area contributed by atoms with E-state index >= 15 is 0 Å². The third-order valence-electron chi connectivity index (χ3n) is 6.28. The molecule has 1 N–H and O–H groups in total. The number of carbonyl (C=O) groups is 1. The molecule has 28 heavy (non-hydrogen) atoms. The van der Waals surface area contributed by atoms with Crippen LogP contribution in [0.15, 0.2) is 71.4 Å². The minimum Gasteiger partial charge on any atom is -0.478 e. The molecule has 2 aliphatic rings. The maximum Gasteiger partial charge on any atom is 0.328 e. The summed E-state index contributed by atoms with van der Waals surface area (Å²) in [7, 11) is 0. The quantitative estimate of drug-likeness (QED) is 0.296. The number of allylic oxidation sites excluding steroid dienone is 11.